The van der Waals surface area contributed by atoms with Crippen molar-refractivity contribution in [2.45, 2.75) is 19.3 Å². The van der Waals surface area contributed by atoms with Crippen molar-refractivity contribution < 1.29 is 9.53 Å². The van der Waals surface area contributed by atoms with E-state index in [9.17, 15) is 4.79 Å². The minimum absolute atomic E-state index is 0.0389. The SMILES string of the molecule is O=C(c1cnc(NCCC2Cc3ccccc3C2)c(Cl)c1)N1CCOCC1. The van der Waals surface area contributed by atoms with E-state index in [1.54, 1.807) is 17.2 Å². The summed E-state index contributed by atoms with van der Waals surface area (Å²) >= 11 is 6.36. The number of hydrogen-bond acceptors (Lipinski definition) is 4. The number of morpholine rings is 1. The first-order valence-corrected chi connectivity index (χ1v) is 9.92. The Morgan fingerprint density at radius 3 is 2.59 bits per heavy atom. The summed E-state index contributed by atoms with van der Waals surface area (Å²) in [6.07, 6.45) is 4.97. The van der Waals surface area contributed by atoms with Gasteiger partial charge in [0.25, 0.3) is 5.91 Å². The molecule has 1 aromatic carbocycles. The zero-order chi connectivity index (χ0) is 18.6. The molecule has 0 atom stereocenters. The van der Waals surface area contributed by atoms with E-state index in [4.69, 9.17) is 16.3 Å². The quantitative estimate of drug-likeness (QED) is 0.856. The van der Waals surface area contributed by atoms with Crippen LogP contribution in [0.1, 0.15) is 27.9 Å². The summed E-state index contributed by atoms with van der Waals surface area (Å²) in [6, 6.07) is 10.4. The lowest BCUT2D eigenvalue weighted by Crippen LogP contribution is -2.40. The molecular weight excluding hydrogens is 362 g/mol. The van der Waals surface area contributed by atoms with Crippen LogP contribution in [0.2, 0.25) is 5.02 Å². The maximum absolute atomic E-state index is 12.5. The molecule has 0 radical (unpaired) electrons. The molecule has 1 N–H and O–H groups in total. The minimum Gasteiger partial charge on any atom is -0.378 e. The molecule has 1 aliphatic heterocycles. The zero-order valence-electron chi connectivity index (χ0n) is 15.3. The van der Waals surface area contributed by atoms with Gasteiger partial charge in [0.2, 0.25) is 0 Å². The fourth-order valence-electron chi connectivity index (χ4n) is 3.88. The van der Waals surface area contributed by atoms with Crippen LogP contribution in [0.4, 0.5) is 5.82 Å². The molecule has 1 fully saturated rings. The number of hydrogen-bond donors (Lipinski definition) is 1. The highest BCUT2D eigenvalue weighted by molar-refractivity contribution is 6.33. The summed E-state index contributed by atoms with van der Waals surface area (Å²) in [5.41, 5.74) is 3.48. The molecule has 0 unspecified atom stereocenters. The lowest BCUT2D eigenvalue weighted by atomic mass is 10.0. The number of benzene rings is 1. The Labute approximate surface area is 164 Å². The van der Waals surface area contributed by atoms with Crippen molar-refractivity contribution in [3.8, 4) is 0 Å². The van der Waals surface area contributed by atoms with Crippen LogP contribution in [0.25, 0.3) is 0 Å². The number of carbonyl (C=O) groups excluding carboxylic acids is 1. The molecule has 1 aromatic heterocycles. The van der Waals surface area contributed by atoms with Gasteiger partial charge in [0.15, 0.2) is 0 Å². The molecule has 142 valence electrons. The normalized spacial score (nSPS) is 17.0. The molecule has 4 rings (SSSR count). The summed E-state index contributed by atoms with van der Waals surface area (Å²) in [6.45, 7) is 3.21. The van der Waals surface area contributed by atoms with Gasteiger partial charge in [-0.1, -0.05) is 35.9 Å². The van der Waals surface area contributed by atoms with Crippen LogP contribution < -0.4 is 5.32 Å². The second-order valence-corrected chi connectivity index (χ2v) is 7.62. The molecule has 2 aromatic rings. The van der Waals surface area contributed by atoms with Crippen LogP contribution in [0, 0.1) is 5.92 Å². The first-order valence-electron chi connectivity index (χ1n) is 9.54. The van der Waals surface area contributed by atoms with E-state index in [0.29, 0.717) is 48.6 Å². The smallest absolute Gasteiger partial charge is 0.255 e. The molecule has 6 heteroatoms. The Morgan fingerprint density at radius 2 is 1.93 bits per heavy atom. The highest BCUT2D eigenvalue weighted by Crippen LogP contribution is 2.29. The van der Waals surface area contributed by atoms with Crippen LogP contribution in [0.15, 0.2) is 36.5 Å². The van der Waals surface area contributed by atoms with Crippen LogP contribution in [0.3, 0.4) is 0 Å². The average molecular weight is 386 g/mol. The Morgan fingerprint density at radius 1 is 1.22 bits per heavy atom. The third-order valence-electron chi connectivity index (χ3n) is 5.37. The van der Waals surface area contributed by atoms with Crippen LogP contribution in [-0.4, -0.2) is 48.6 Å². The predicted molar refractivity (Wildman–Crippen MR) is 106 cm³/mol. The van der Waals surface area contributed by atoms with E-state index in [1.807, 2.05) is 0 Å². The van der Waals surface area contributed by atoms with Gasteiger partial charge in [-0.2, -0.15) is 0 Å². The third-order valence-corrected chi connectivity index (χ3v) is 5.66. The predicted octanol–water partition coefficient (Wildman–Crippen LogP) is 3.42. The first kappa shape index (κ1) is 18.3. The van der Waals surface area contributed by atoms with E-state index in [1.165, 1.54) is 11.1 Å². The number of ether oxygens (including phenoxy) is 1. The molecular formula is C21H24ClN3O2. The molecule has 1 saturated heterocycles. The van der Waals surface area contributed by atoms with Crippen molar-refractivity contribution in [1.82, 2.24) is 9.88 Å². The van der Waals surface area contributed by atoms with Crippen LogP contribution >= 0.6 is 11.6 Å². The van der Waals surface area contributed by atoms with Gasteiger partial charge < -0.3 is 15.0 Å². The highest BCUT2D eigenvalue weighted by Gasteiger charge is 2.21. The lowest BCUT2D eigenvalue weighted by Gasteiger charge is -2.26. The van der Waals surface area contributed by atoms with Crippen molar-refractivity contribution in [3.63, 3.8) is 0 Å². The van der Waals surface area contributed by atoms with Crippen LogP contribution in [-0.2, 0) is 17.6 Å². The summed E-state index contributed by atoms with van der Waals surface area (Å²) in [5, 5.41) is 3.81. The number of amides is 1. The molecule has 2 aliphatic rings. The van der Waals surface area contributed by atoms with E-state index in [-0.39, 0.29) is 5.91 Å². The summed E-state index contributed by atoms with van der Waals surface area (Å²) < 4.78 is 5.29. The molecule has 27 heavy (non-hydrogen) atoms. The monoisotopic (exact) mass is 385 g/mol. The second kappa shape index (κ2) is 8.28. The molecule has 0 spiro atoms. The number of nitrogens with zero attached hydrogens (tertiary/aromatic N) is 2. The molecule has 5 nitrogen and oxygen atoms in total. The number of aromatic nitrogens is 1. The molecule has 1 aliphatic carbocycles. The van der Waals surface area contributed by atoms with Crippen molar-refractivity contribution in [3.05, 3.63) is 58.2 Å². The lowest BCUT2D eigenvalue weighted by molar-refractivity contribution is 0.0302. The van der Waals surface area contributed by atoms with E-state index in [2.05, 4.69) is 34.6 Å². The van der Waals surface area contributed by atoms with Gasteiger partial charge in [0.05, 0.1) is 23.8 Å². The van der Waals surface area contributed by atoms with E-state index < -0.39 is 0 Å². The number of halogens is 1. The summed E-state index contributed by atoms with van der Waals surface area (Å²) in [5.74, 6) is 1.27. The van der Waals surface area contributed by atoms with E-state index in [0.717, 1.165) is 25.8 Å². The number of pyridine rings is 1. The topological polar surface area (TPSA) is 54.5 Å². The molecule has 0 saturated carbocycles. The van der Waals surface area contributed by atoms with Gasteiger partial charge >= 0.3 is 0 Å². The van der Waals surface area contributed by atoms with Gasteiger partial charge in [0.1, 0.15) is 5.82 Å². The number of carbonyl (C=O) groups is 1. The van der Waals surface area contributed by atoms with Gasteiger partial charge in [-0.05, 0) is 42.4 Å². The zero-order valence-corrected chi connectivity index (χ0v) is 16.0. The average Bonchev–Trinajstić information content (AvgIpc) is 3.12. The maximum atomic E-state index is 12.5. The van der Waals surface area contributed by atoms with Gasteiger partial charge in [0, 0.05) is 25.8 Å². The summed E-state index contributed by atoms with van der Waals surface area (Å²) in [7, 11) is 0. The number of anilines is 1. The Hall–Kier alpha value is -2.11. The van der Waals surface area contributed by atoms with Gasteiger partial charge in [-0.3, -0.25) is 4.79 Å². The van der Waals surface area contributed by atoms with Crippen LogP contribution in [0.5, 0.6) is 0 Å². The van der Waals surface area contributed by atoms with Gasteiger partial charge in [-0.15, -0.1) is 0 Å². The van der Waals surface area contributed by atoms with Crippen molar-refractivity contribution in [2.24, 2.45) is 5.92 Å². The standard InChI is InChI=1S/C21H24ClN3O2/c22-19-13-18(21(26)25-7-9-27-10-8-25)14-24-20(19)23-6-5-15-11-16-3-1-2-4-17(16)12-15/h1-4,13-15H,5-12H2,(H,23,24). The second-order valence-electron chi connectivity index (χ2n) is 7.22. The number of fused-ring (bicyclic) bond motifs is 1. The molecule has 0 bridgehead atoms. The number of nitrogens with one attached hydrogen (secondary N) is 1. The highest BCUT2D eigenvalue weighted by atomic mass is 35.5. The summed E-state index contributed by atoms with van der Waals surface area (Å²) in [4.78, 5) is 18.7. The van der Waals surface area contributed by atoms with E-state index >= 15 is 0 Å². The first-order chi connectivity index (χ1) is 13.2. The number of rotatable bonds is 5. The molecule has 1 amide bonds. The fraction of sp³-hybridized carbons (Fsp3) is 0.429. The fourth-order valence-corrected chi connectivity index (χ4v) is 4.12. The third kappa shape index (κ3) is 4.25. The largest absolute Gasteiger partial charge is 0.378 e. The Balaban J connectivity index is 1.30. The Kier molecular flexibility index (Phi) is 5.60. The van der Waals surface area contributed by atoms with Crippen molar-refractivity contribution in [2.75, 3.05) is 38.2 Å². The maximum Gasteiger partial charge on any atom is 0.255 e. The van der Waals surface area contributed by atoms with Gasteiger partial charge in [-0.25, -0.2) is 4.98 Å². The van der Waals surface area contributed by atoms with Crippen molar-refractivity contribution >= 4 is 23.3 Å². The Bertz CT molecular complexity index is 796. The molecule has 2 heterocycles. The van der Waals surface area contributed by atoms with Crippen molar-refractivity contribution in [1.29, 1.82) is 0 Å². The minimum atomic E-state index is -0.0389.